The Bertz CT molecular complexity index is 639. The van der Waals surface area contributed by atoms with E-state index in [2.05, 4.69) is 15.3 Å². The highest BCUT2D eigenvalue weighted by molar-refractivity contribution is 6.30. The first-order valence-electron chi connectivity index (χ1n) is 8.04. The minimum atomic E-state index is -0.0501. The van der Waals surface area contributed by atoms with E-state index in [1.54, 1.807) is 23.1 Å². The van der Waals surface area contributed by atoms with Crippen LogP contribution in [-0.2, 0) is 16.1 Å². The zero-order valence-electron chi connectivity index (χ0n) is 13.4. The first-order valence-corrected chi connectivity index (χ1v) is 8.41. The lowest BCUT2D eigenvalue weighted by atomic mass is 10.0. The molecule has 1 amide bonds. The molecule has 0 saturated carbocycles. The van der Waals surface area contributed by atoms with Crippen molar-refractivity contribution in [1.82, 2.24) is 20.0 Å². The summed E-state index contributed by atoms with van der Waals surface area (Å²) >= 11 is 6.00. The van der Waals surface area contributed by atoms with Crippen LogP contribution in [0.25, 0.3) is 0 Å². The third kappa shape index (κ3) is 4.56. The zero-order chi connectivity index (χ0) is 16.8. The molecule has 1 aliphatic rings. The number of hydrogen-bond donors (Lipinski definition) is 1. The number of benzene rings is 1. The minimum Gasteiger partial charge on any atom is -0.379 e. The highest BCUT2D eigenvalue weighted by Gasteiger charge is 2.23. The van der Waals surface area contributed by atoms with Gasteiger partial charge in [0, 0.05) is 37.1 Å². The van der Waals surface area contributed by atoms with Gasteiger partial charge in [0.15, 0.2) is 0 Å². The molecule has 1 aromatic heterocycles. The number of rotatable bonds is 6. The fraction of sp³-hybridized carbons (Fsp3) is 0.412. The Balaban J connectivity index is 1.65. The summed E-state index contributed by atoms with van der Waals surface area (Å²) in [6.45, 7) is 3.90. The molecule has 0 unspecified atom stereocenters. The van der Waals surface area contributed by atoms with Crippen molar-refractivity contribution >= 4 is 17.5 Å². The lowest BCUT2D eigenvalue weighted by molar-refractivity contribution is -0.122. The SMILES string of the molecule is O=C(Cn1cccn1)NC[C@H](c1ccc(Cl)cc1)N1CCOCC1. The van der Waals surface area contributed by atoms with Crippen LogP contribution in [-0.4, -0.2) is 53.4 Å². The number of morpholine rings is 1. The van der Waals surface area contributed by atoms with Crippen LogP contribution in [0.3, 0.4) is 0 Å². The summed E-state index contributed by atoms with van der Waals surface area (Å²) in [5.41, 5.74) is 1.14. The lowest BCUT2D eigenvalue weighted by Crippen LogP contribution is -2.44. The summed E-state index contributed by atoms with van der Waals surface area (Å²) < 4.78 is 7.05. The Morgan fingerprint density at radius 1 is 1.29 bits per heavy atom. The van der Waals surface area contributed by atoms with Gasteiger partial charge in [-0.2, -0.15) is 5.10 Å². The number of carbonyl (C=O) groups is 1. The predicted molar refractivity (Wildman–Crippen MR) is 91.8 cm³/mol. The van der Waals surface area contributed by atoms with Crippen molar-refractivity contribution in [2.45, 2.75) is 12.6 Å². The average molecular weight is 349 g/mol. The Hall–Kier alpha value is -1.89. The van der Waals surface area contributed by atoms with Crippen LogP contribution < -0.4 is 5.32 Å². The molecule has 2 heterocycles. The topological polar surface area (TPSA) is 59.4 Å². The summed E-state index contributed by atoms with van der Waals surface area (Å²) in [4.78, 5) is 14.5. The van der Waals surface area contributed by atoms with Crippen LogP contribution in [0, 0.1) is 0 Å². The average Bonchev–Trinajstić information content (AvgIpc) is 3.10. The first-order chi connectivity index (χ1) is 11.7. The van der Waals surface area contributed by atoms with Gasteiger partial charge in [-0.05, 0) is 23.8 Å². The van der Waals surface area contributed by atoms with Crippen LogP contribution in [0.1, 0.15) is 11.6 Å². The van der Waals surface area contributed by atoms with Crippen molar-refractivity contribution in [2.75, 3.05) is 32.8 Å². The highest BCUT2D eigenvalue weighted by Crippen LogP contribution is 2.23. The second-order valence-corrected chi connectivity index (χ2v) is 6.16. The first kappa shape index (κ1) is 17.0. The third-order valence-corrected chi connectivity index (χ3v) is 4.35. The van der Waals surface area contributed by atoms with Gasteiger partial charge in [-0.1, -0.05) is 23.7 Å². The maximum absolute atomic E-state index is 12.1. The molecule has 7 heteroatoms. The van der Waals surface area contributed by atoms with Crippen LogP contribution in [0.15, 0.2) is 42.7 Å². The molecular weight excluding hydrogens is 328 g/mol. The van der Waals surface area contributed by atoms with Gasteiger partial charge in [0.25, 0.3) is 0 Å². The van der Waals surface area contributed by atoms with Gasteiger partial charge in [0.1, 0.15) is 6.54 Å². The molecule has 1 N–H and O–H groups in total. The van der Waals surface area contributed by atoms with Crippen molar-refractivity contribution in [3.63, 3.8) is 0 Å². The quantitative estimate of drug-likeness (QED) is 0.863. The van der Waals surface area contributed by atoms with Crippen LogP contribution in [0.2, 0.25) is 5.02 Å². The van der Waals surface area contributed by atoms with Gasteiger partial charge < -0.3 is 10.1 Å². The second-order valence-electron chi connectivity index (χ2n) is 5.72. The van der Waals surface area contributed by atoms with Crippen molar-refractivity contribution in [2.24, 2.45) is 0 Å². The van der Waals surface area contributed by atoms with E-state index in [-0.39, 0.29) is 18.5 Å². The second kappa shape index (κ2) is 8.28. The van der Waals surface area contributed by atoms with E-state index in [1.807, 2.05) is 24.3 Å². The zero-order valence-corrected chi connectivity index (χ0v) is 14.2. The standard InChI is InChI=1S/C17H21ClN4O2/c18-15-4-2-14(3-5-15)16(21-8-10-24-11-9-21)12-19-17(23)13-22-7-1-6-20-22/h1-7,16H,8-13H2,(H,19,23)/t16-/m1/s1. The lowest BCUT2D eigenvalue weighted by Gasteiger charge is -2.35. The Morgan fingerprint density at radius 3 is 2.71 bits per heavy atom. The molecule has 1 fully saturated rings. The molecular formula is C17H21ClN4O2. The van der Waals surface area contributed by atoms with Gasteiger partial charge in [-0.25, -0.2) is 0 Å². The summed E-state index contributed by atoms with van der Waals surface area (Å²) in [5.74, 6) is -0.0501. The molecule has 24 heavy (non-hydrogen) atoms. The van der Waals surface area contributed by atoms with Crippen molar-refractivity contribution in [1.29, 1.82) is 0 Å². The molecule has 1 saturated heterocycles. The number of aromatic nitrogens is 2. The largest absolute Gasteiger partial charge is 0.379 e. The molecule has 3 rings (SSSR count). The molecule has 0 spiro atoms. The maximum Gasteiger partial charge on any atom is 0.241 e. The molecule has 1 aliphatic heterocycles. The Morgan fingerprint density at radius 2 is 2.04 bits per heavy atom. The predicted octanol–water partition coefficient (Wildman–Crippen LogP) is 1.73. The van der Waals surface area contributed by atoms with E-state index in [4.69, 9.17) is 16.3 Å². The number of nitrogens with zero attached hydrogens (tertiary/aromatic N) is 3. The van der Waals surface area contributed by atoms with Crippen molar-refractivity contribution < 1.29 is 9.53 Å². The van der Waals surface area contributed by atoms with E-state index in [9.17, 15) is 4.79 Å². The minimum absolute atomic E-state index is 0.0501. The smallest absolute Gasteiger partial charge is 0.241 e. The number of amides is 1. The monoisotopic (exact) mass is 348 g/mol. The van der Waals surface area contributed by atoms with Gasteiger partial charge in [0.05, 0.1) is 19.3 Å². The molecule has 1 atom stereocenters. The van der Waals surface area contributed by atoms with Crippen LogP contribution >= 0.6 is 11.6 Å². The number of halogens is 1. The third-order valence-electron chi connectivity index (χ3n) is 4.10. The molecule has 0 bridgehead atoms. The number of carbonyl (C=O) groups excluding carboxylic acids is 1. The Kier molecular flexibility index (Phi) is 5.85. The van der Waals surface area contributed by atoms with E-state index < -0.39 is 0 Å². The number of ether oxygens (including phenoxy) is 1. The van der Waals surface area contributed by atoms with Crippen LogP contribution in [0.5, 0.6) is 0 Å². The van der Waals surface area contributed by atoms with E-state index in [0.29, 0.717) is 24.8 Å². The molecule has 0 radical (unpaired) electrons. The fourth-order valence-corrected chi connectivity index (χ4v) is 2.97. The molecule has 0 aliphatic carbocycles. The van der Waals surface area contributed by atoms with Crippen molar-refractivity contribution in [3.05, 3.63) is 53.3 Å². The fourth-order valence-electron chi connectivity index (χ4n) is 2.84. The van der Waals surface area contributed by atoms with Crippen molar-refractivity contribution in [3.8, 4) is 0 Å². The van der Waals surface area contributed by atoms with E-state index in [1.165, 1.54) is 0 Å². The molecule has 1 aromatic carbocycles. The summed E-state index contributed by atoms with van der Waals surface area (Å²) in [7, 11) is 0. The number of hydrogen-bond acceptors (Lipinski definition) is 4. The van der Waals surface area contributed by atoms with E-state index >= 15 is 0 Å². The van der Waals surface area contributed by atoms with Gasteiger partial charge in [0.2, 0.25) is 5.91 Å². The number of nitrogens with one attached hydrogen (secondary N) is 1. The Labute approximate surface area is 146 Å². The van der Waals surface area contributed by atoms with Gasteiger partial charge >= 0.3 is 0 Å². The summed E-state index contributed by atoms with van der Waals surface area (Å²) in [6.07, 6.45) is 3.44. The summed E-state index contributed by atoms with van der Waals surface area (Å²) in [5, 5.41) is 7.78. The highest BCUT2D eigenvalue weighted by atomic mass is 35.5. The van der Waals surface area contributed by atoms with Gasteiger partial charge in [-0.15, -0.1) is 0 Å². The van der Waals surface area contributed by atoms with Gasteiger partial charge in [-0.3, -0.25) is 14.4 Å². The molecule has 6 nitrogen and oxygen atoms in total. The van der Waals surface area contributed by atoms with Crippen LogP contribution in [0.4, 0.5) is 0 Å². The van der Waals surface area contributed by atoms with E-state index in [0.717, 1.165) is 18.7 Å². The summed E-state index contributed by atoms with van der Waals surface area (Å²) in [6, 6.07) is 9.71. The normalized spacial score (nSPS) is 16.7. The molecule has 128 valence electrons. The maximum atomic E-state index is 12.1. The molecule has 2 aromatic rings.